The van der Waals surface area contributed by atoms with E-state index in [0.717, 1.165) is 38.4 Å². The monoisotopic (exact) mass is 475 g/mol. The van der Waals surface area contributed by atoms with Crippen LogP contribution < -0.4 is 5.32 Å². The van der Waals surface area contributed by atoms with Gasteiger partial charge in [-0.15, -0.1) is 0 Å². The molecule has 2 aromatic heterocycles. The number of ether oxygens (including phenoxy) is 1. The van der Waals surface area contributed by atoms with Crippen LogP contribution in [0.3, 0.4) is 0 Å². The van der Waals surface area contributed by atoms with Crippen LogP contribution in [0.1, 0.15) is 33.3 Å². The predicted octanol–water partition coefficient (Wildman–Crippen LogP) is 1.95. The molecule has 0 atom stereocenters. The molecule has 0 aliphatic carbocycles. The molecule has 1 amide bonds. The van der Waals surface area contributed by atoms with Gasteiger partial charge in [-0.3, -0.25) is 9.69 Å². The molecule has 0 unspecified atom stereocenters. The molecule has 12 nitrogen and oxygen atoms in total. The van der Waals surface area contributed by atoms with E-state index >= 15 is 0 Å². The molecular weight excluding hydrogens is 454 g/mol. The number of nitrogens with one attached hydrogen (secondary N) is 1. The molecule has 3 aromatic rings. The Morgan fingerprint density at radius 2 is 1.91 bits per heavy atom. The molecule has 13 heteroatoms. The SMILES string of the molecule is Cc1c(Cl)c([N+](=O)[O-])nn1Cc1noc(C(=O)NCc2ccc(CN3CCOCC3)cc2)n1. The summed E-state index contributed by atoms with van der Waals surface area (Å²) in [7, 11) is 0. The van der Waals surface area contributed by atoms with E-state index in [0.29, 0.717) is 12.2 Å². The lowest BCUT2D eigenvalue weighted by Gasteiger charge is -2.26. The third kappa shape index (κ3) is 5.53. The molecule has 0 radical (unpaired) electrons. The van der Waals surface area contributed by atoms with Gasteiger partial charge in [0, 0.05) is 26.2 Å². The quantitative estimate of drug-likeness (QED) is 0.382. The fourth-order valence-electron chi connectivity index (χ4n) is 3.36. The van der Waals surface area contributed by atoms with E-state index < -0.39 is 16.6 Å². The van der Waals surface area contributed by atoms with Gasteiger partial charge in [0.1, 0.15) is 6.54 Å². The van der Waals surface area contributed by atoms with E-state index in [1.54, 1.807) is 6.92 Å². The number of carbonyl (C=O) groups excluding carboxylic acids is 1. The zero-order valence-corrected chi connectivity index (χ0v) is 18.6. The number of aromatic nitrogens is 4. The van der Waals surface area contributed by atoms with E-state index in [-0.39, 0.29) is 23.3 Å². The first kappa shape index (κ1) is 22.8. The van der Waals surface area contributed by atoms with Crippen LogP contribution in [0.2, 0.25) is 5.02 Å². The average Bonchev–Trinajstić information content (AvgIpc) is 3.40. The summed E-state index contributed by atoms with van der Waals surface area (Å²) >= 11 is 5.93. The van der Waals surface area contributed by atoms with Gasteiger partial charge in [-0.2, -0.15) is 9.67 Å². The smallest absolute Gasteiger partial charge is 0.379 e. The Bertz CT molecular complexity index is 1140. The number of halogens is 1. The standard InChI is InChI=1S/C20H22ClN7O5/c1-13-17(21)18(28(30)31)24-27(13)12-16-23-20(33-25-16)19(29)22-10-14-2-4-15(5-3-14)11-26-6-8-32-9-7-26/h2-5H,6-12H2,1H3,(H,22,29). The number of carbonyl (C=O) groups is 1. The van der Waals surface area contributed by atoms with Crippen molar-refractivity contribution in [2.75, 3.05) is 26.3 Å². The Labute approximate surface area is 193 Å². The summed E-state index contributed by atoms with van der Waals surface area (Å²) in [4.78, 5) is 29.0. The van der Waals surface area contributed by atoms with Crippen molar-refractivity contribution in [3.8, 4) is 0 Å². The number of rotatable bonds is 8. The maximum absolute atomic E-state index is 12.4. The van der Waals surface area contributed by atoms with E-state index in [1.807, 2.05) is 24.3 Å². The second-order valence-corrected chi connectivity index (χ2v) is 7.92. The number of morpholine rings is 1. The number of amides is 1. The van der Waals surface area contributed by atoms with Gasteiger partial charge in [0.15, 0.2) is 10.8 Å². The summed E-state index contributed by atoms with van der Waals surface area (Å²) in [5.41, 5.74) is 2.52. The summed E-state index contributed by atoms with van der Waals surface area (Å²) in [6.45, 7) is 6.09. The largest absolute Gasteiger partial charge is 0.408 e. The third-order valence-corrected chi connectivity index (χ3v) is 5.67. The molecular formula is C20H22ClN7O5. The van der Waals surface area contributed by atoms with Gasteiger partial charge in [0.05, 0.1) is 24.0 Å². The highest BCUT2D eigenvalue weighted by molar-refractivity contribution is 6.33. The molecule has 1 aliphatic heterocycles. The van der Waals surface area contributed by atoms with Crippen molar-refractivity contribution < 1.29 is 19.0 Å². The Balaban J connectivity index is 1.31. The minimum Gasteiger partial charge on any atom is -0.379 e. The van der Waals surface area contributed by atoms with Gasteiger partial charge in [-0.05, 0) is 23.0 Å². The second kappa shape index (κ2) is 10.1. The van der Waals surface area contributed by atoms with Crippen molar-refractivity contribution in [2.45, 2.75) is 26.6 Å². The molecule has 33 heavy (non-hydrogen) atoms. The van der Waals surface area contributed by atoms with Gasteiger partial charge in [-0.1, -0.05) is 41.0 Å². The van der Waals surface area contributed by atoms with Crippen LogP contribution in [-0.2, 0) is 24.4 Å². The van der Waals surface area contributed by atoms with Crippen LogP contribution >= 0.6 is 11.6 Å². The summed E-state index contributed by atoms with van der Waals surface area (Å²) in [5, 5.41) is 21.2. The van der Waals surface area contributed by atoms with Crippen molar-refractivity contribution in [3.05, 3.63) is 67.9 Å². The summed E-state index contributed by atoms with van der Waals surface area (Å²) < 4.78 is 11.7. The summed E-state index contributed by atoms with van der Waals surface area (Å²) in [6.07, 6.45) is 0. The van der Waals surface area contributed by atoms with Crippen LogP contribution in [0.25, 0.3) is 0 Å². The van der Waals surface area contributed by atoms with E-state index in [1.165, 1.54) is 10.2 Å². The third-order valence-electron chi connectivity index (χ3n) is 5.23. The van der Waals surface area contributed by atoms with Gasteiger partial charge in [-0.25, -0.2) is 0 Å². The fourth-order valence-corrected chi connectivity index (χ4v) is 3.57. The first-order valence-electron chi connectivity index (χ1n) is 10.3. The van der Waals surface area contributed by atoms with Crippen molar-refractivity contribution in [3.63, 3.8) is 0 Å². The summed E-state index contributed by atoms with van der Waals surface area (Å²) in [5.74, 6) is -1.04. The Kier molecular flexibility index (Phi) is 6.96. The van der Waals surface area contributed by atoms with Crippen LogP contribution in [-0.4, -0.2) is 62.0 Å². The molecule has 3 heterocycles. The van der Waals surface area contributed by atoms with E-state index in [9.17, 15) is 14.9 Å². The van der Waals surface area contributed by atoms with Gasteiger partial charge < -0.3 is 24.7 Å². The van der Waals surface area contributed by atoms with E-state index in [2.05, 4.69) is 25.5 Å². The lowest BCUT2D eigenvalue weighted by atomic mass is 10.1. The number of nitro groups is 1. The van der Waals surface area contributed by atoms with Gasteiger partial charge >= 0.3 is 17.6 Å². The predicted molar refractivity (Wildman–Crippen MR) is 116 cm³/mol. The van der Waals surface area contributed by atoms with E-state index in [4.69, 9.17) is 20.9 Å². The van der Waals surface area contributed by atoms with Crippen LogP contribution in [0.5, 0.6) is 0 Å². The molecule has 4 rings (SSSR count). The zero-order chi connectivity index (χ0) is 23.4. The van der Waals surface area contributed by atoms with Crippen molar-refractivity contribution in [1.29, 1.82) is 0 Å². The zero-order valence-electron chi connectivity index (χ0n) is 17.9. The lowest BCUT2D eigenvalue weighted by molar-refractivity contribution is -0.389. The average molecular weight is 476 g/mol. The Hall–Kier alpha value is -3.35. The molecule has 174 valence electrons. The van der Waals surface area contributed by atoms with Crippen LogP contribution in [0.4, 0.5) is 5.82 Å². The van der Waals surface area contributed by atoms with Crippen molar-refractivity contribution in [2.24, 2.45) is 0 Å². The molecule has 1 aromatic carbocycles. The molecule has 1 fully saturated rings. The number of hydrogen-bond donors (Lipinski definition) is 1. The maximum atomic E-state index is 12.4. The lowest BCUT2D eigenvalue weighted by Crippen LogP contribution is -2.35. The van der Waals surface area contributed by atoms with Gasteiger partial charge in [0.25, 0.3) is 0 Å². The highest BCUT2D eigenvalue weighted by Gasteiger charge is 2.25. The van der Waals surface area contributed by atoms with Crippen LogP contribution in [0.15, 0.2) is 28.8 Å². The number of nitrogens with zero attached hydrogens (tertiary/aromatic N) is 6. The van der Waals surface area contributed by atoms with Crippen molar-refractivity contribution >= 4 is 23.3 Å². The molecule has 1 aliphatic rings. The highest BCUT2D eigenvalue weighted by atomic mass is 35.5. The highest BCUT2D eigenvalue weighted by Crippen LogP contribution is 2.26. The molecule has 1 saturated heterocycles. The summed E-state index contributed by atoms with van der Waals surface area (Å²) in [6, 6.07) is 8.01. The van der Waals surface area contributed by atoms with Crippen LogP contribution in [0, 0.1) is 17.0 Å². The minimum absolute atomic E-state index is 0.0270. The molecule has 1 N–H and O–H groups in total. The first-order chi connectivity index (χ1) is 15.9. The molecule has 0 spiro atoms. The van der Waals surface area contributed by atoms with Gasteiger partial charge in [0.2, 0.25) is 0 Å². The molecule has 0 saturated carbocycles. The molecule has 0 bridgehead atoms. The Morgan fingerprint density at radius 1 is 1.21 bits per heavy atom. The van der Waals surface area contributed by atoms with Crippen molar-refractivity contribution in [1.82, 2.24) is 30.1 Å². The number of hydrogen-bond acceptors (Lipinski definition) is 9. The second-order valence-electron chi connectivity index (χ2n) is 7.54. The first-order valence-corrected chi connectivity index (χ1v) is 10.6. The number of benzene rings is 1. The maximum Gasteiger partial charge on any atom is 0.408 e. The Morgan fingerprint density at radius 3 is 2.58 bits per heavy atom. The normalized spacial score (nSPS) is 14.4. The fraction of sp³-hybridized carbons (Fsp3) is 0.400. The topological polar surface area (TPSA) is 141 Å². The minimum atomic E-state index is -0.671.